The van der Waals surface area contributed by atoms with Gasteiger partial charge in [0.15, 0.2) is 0 Å². The molecule has 2 nitrogen and oxygen atoms in total. The fourth-order valence-corrected chi connectivity index (χ4v) is 2.63. The summed E-state index contributed by atoms with van der Waals surface area (Å²) in [5.41, 5.74) is 4.26. The minimum absolute atomic E-state index is 0.00676. The molecule has 0 aromatic heterocycles. The first kappa shape index (κ1) is 14.8. The molecule has 0 radical (unpaired) electrons. The zero-order chi connectivity index (χ0) is 14.4. The van der Waals surface area contributed by atoms with Crippen molar-refractivity contribution >= 4 is 21.8 Å². The van der Waals surface area contributed by atoms with Crippen molar-refractivity contribution in [3.8, 4) is 0 Å². The first-order valence-electron chi connectivity index (χ1n) is 6.68. The Morgan fingerprint density at radius 2 is 1.95 bits per heavy atom. The van der Waals surface area contributed by atoms with Crippen molar-refractivity contribution in [1.82, 2.24) is 5.32 Å². The Bertz CT molecular complexity index is 595. The number of halogens is 1. The van der Waals surface area contributed by atoms with Crippen molar-refractivity contribution in [2.75, 3.05) is 6.54 Å². The molecule has 0 unspecified atom stereocenters. The van der Waals surface area contributed by atoms with Crippen LogP contribution in [0.2, 0.25) is 0 Å². The number of amides is 1. The van der Waals surface area contributed by atoms with Gasteiger partial charge in [-0.05, 0) is 30.5 Å². The van der Waals surface area contributed by atoms with Crippen LogP contribution in [0.25, 0.3) is 0 Å². The van der Waals surface area contributed by atoms with Crippen LogP contribution in [0.3, 0.4) is 0 Å². The topological polar surface area (TPSA) is 29.1 Å². The van der Waals surface area contributed by atoms with Crippen molar-refractivity contribution < 1.29 is 4.79 Å². The normalized spacial score (nSPS) is 10.3. The van der Waals surface area contributed by atoms with Crippen molar-refractivity contribution in [2.24, 2.45) is 0 Å². The van der Waals surface area contributed by atoms with Crippen molar-refractivity contribution in [3.05, 3.63) is 70.8 Å². The second kappa shape index (κ2) is 7.25. The van der Waals surface area contributed by atoms with Gasteiger partial charge in [0, 0.05) is 17.4 Å². The highest BCUT2D eigenvalue weighted by molar-refractivity contribution is 9.08. The number of aryl methyl sites for hydroxylation is 1. The molecule has 0 atom stereocenters. The monoisotopic (exact) mass is 331 g/mol. The van der Waals surface area contributed by atoms with Crippen LogP contribution in [0.4, 0.5) is 0 Å². The number of hydrogen-bond acceptors (Lipinski definition) is 1. The van der Waals surface area contributed by atoms with E-state index in [1.807, 2.05) is 30.3 Å². The molecule has 2 aromatic carbocycles. The third kappa shape index (κ3) is 3.94. The van der Waals surface area contributed by atoms with Crippen molar-refractivity contribution in [1.29, 1.82) is 0 Å². The highest BCUT2D eigenvalue weighted by Crippen LogP contribution is 2.12. The van der Waals surface area contributed by atoms with E-state index in [0.29, 0.717) is 11.9 Å². The molecule has 0 aliphatic carbocycles. The predicted molar refractivity (Wildman–Crippen MR) is 86.3 cm³/mol. The molecule has 0 aliphatic rings. The number of rotatable bonds is 5. The summed E-state index contributed by atoms with van der Waals surface area (Å²) in [7, 11) is 0. The van der Waals surface area contributed by atoms with Gasteiger partial charge in [0.2, 0.25) is 0 Å². The quantitative estimate of drug-likeness (QED) is 0.828. The van der Waals surface area contributed by atoms with E-state index in [1.165, 1.54) is 11.1 Å². The summed E-state index contributed by atoms with van der Waals surface area (Å²) in [4.78, 5) is 12.1. The van der Waals surface area contributed by atoms with Gasteiger partial charge in [0.05, 0.1) is 0 Å². The second-order valence-electron chi connectivity index (χ2n) is 4.79. The van der Waals surface area contributed by atoms with Crippen LogP contribution in [0.1, 0.15) is 27.0 Å². The zero-order valence-electron chi connectivity index (χ0n) is 11.5. The molecular formula is C17H18BrNO. The Labute approximate surface area is 128 Å². The highest BCUT2D eigenvalue weighted by Gasteiger charge is 2.09. The van der Waals surface area contributed by atoms with Gasteiger partial charge < -0.3 is 5.32 Å². The van der Waals surface area contributed by atoms with Gasteiger partial charge in [0.25, 0.3) is 5.91 Å². The maximum Gasteiger partial charge on any atom is 0.251 e. The highest BCUT2D eigenvalue weighted by atomic mass is 79.9. The molecule has 0 spiro atoms. The average molecular weight is 332 g/mol. The Morgan fingerprint density at radius 1 is 1.15 bits per heavy atom. The molecule has 3 heteroatoms. The maximum absolute atomic E-state index is 12.1. The third-order valence-electron chi connectivity index (χ3n) is 3.19. The number of benzene rings is 2. The van der Waals surface area contributed by atoms with Gasteiger partial charge in [-0.2, -0.15) is 0 Å². The molecule has 0 saturated carbocycles. The molecule has 1 N–H and O–H groups in total. The Balaban J connectivity index is 1.92. The maximum atomic E-state index is 12.1. The lowest BCUT2D eigenvalue weighted by molar-refractivity contribution is 0.0953. The van der Waals surface area contributed by atoms with Crippen LogP contribution < -0.4 is 5.32 Å². The minimum atomic E-state index is -0.00676. The van der Waals surface area contributed by atoms with Crippen LogP contribution >= 0.6 is 15.9 Å². The molecule has 2 rings (SSSR count). The number of alkyl halides is 1. The summed E-state index contributed by atoms with van der Waals surface area (Å²) in [5.74, 6) is -0.00676. The van der Waals surface area contributed by atoms with E-state index >= 15 is 0 Å². The summed E-state index contributed by atoms with van der Waals surface area (Å²) in [5, 5.41) is 3.67. The van der Waals surface area contributed by atoms with E-state index in [9.17, 15) is 4.79 Å². The van der Waals surface area contributed by atoms with E-state index in [-0.39, 0.29) is 5.91 Å². The molecule has 104 valence electrons. The van der Waals surface area contributed by atoms with Crippen LogP contribution in [-0.4, -0.2) is 12.5 Å². The number of nitrogens with one attached hydrogen (secondary N) is 1. The van der Waals surface area contributed by atoms with Gasteiger partial charge in [-0.15, -0.1) is 0 Å². The summed E-state index contributed by atoms with van der Waals surface area (Å²) in [6.07, 6.45) is 0.851. The van der Waals surface area contributed by atoms with E-state index in [4.69, 9.17) is 0 Å². The third-order valence-corrected chi connectivity index (χ3v) is 3.79. The molecule has 1 amide bonds. The lowest BCUT2D eigenvalue weighted by Gasteiger charge is -2.08. The smallest absolute Gasteiger partial charge is 0.251 e. The van der Waals surface area contributed by atoms with E-state index in [1.54, 1.807) is 0 Å². The number of hydrogen-bond donors (Lipinski definition) is 1. The summed E-state index contributed by atoms with van der Waals surface area (Å²) < 4.78 is 0. The zero-order valence-corrected chi connectivity index (χ0v) is 13.1. The molecule has 20 heavy (non-hydrogen) atoms. The van der Waals surface area contributed by atoms with Crippen molar-refractivity contribution in [2.45, 2.75) is 18.7 Å². The Morgan fingerprint density at radius 3 is 2.70 bits per heavy atom. The number of carbonyl (C=O) groups is 1. The minimum Gasteiger partial charge on any atom is -0.352 e. The Hall–Kier alpha value is -1.61. The summed E-state index contributed by atoms with van der Waals surface area (Å²) in [6, 6.07) is 16.0. The number of carbonyl (C=O) groups excluding carboxylic acids is 1. The van der Waals surface area contributed by atoms with E-state index < -0.39 is 0 Å². The van der Waals surface area contributed by atoms with Crippen LogP contribution in [0.15, 0.2) is 48.5 Å². The lowest BCUT2D eigenvalue weighted by Crippen LogP contribution is -2.26. The van der Waals surface area contributed by atoms with Gasteiger partial charge in [-0.1, -0.05) is 64.0 Å². The molecule has 0 aliphatic heterocycles. The Kier molecular flexibility index (Phi) is 5.36. The molecule has 2 aromatic rings. The van der Waals surface area contributed by atoms with Crippen molar-refractivity contribution in [3.63, 3.8) is 0 Å². The van der Waals surface area contributed by atoms with Gasteiger partial charge in [-0.25, -0.2) is 0 Å². The first-order valence-corrected chi connectivity index (χ1v) is 7.80. The second-order valence-corrected chi connectivity index (χ2v) is 5.35. The fraction of sp³-hybridized carbons (Fsp3) is 0.235. The van der Waals surface area contributed by atoms with E-state index in [0.717, 1.165) is 17.5 Å². The molecule has 0 fully saturated rings. The van der Waals surface area contributed by atoms with Gasteiger partial charge in [0.1, 0.15) is 0 Å². The summed E-state index contributed by atoms with van der Waals surface area (Å²) in [6.45, 7) is 2.73. The SMILES string of the molecule is Cc1cccc(CCNC(=O)c2ccccc2CBr)c1. The van der Waals surface area contributed by atoms with Crippen LogP contribution in [-0.2, 0) is 11.8 Å². The fourth-order valence-electron chi connectivity index (χ4n) is 2.14. The molecular weight excluding hydrogens is 314 g/mol. The molecule has 0 saturated heterocycles. The lowest BCUT2D eigenvalue weighted by atomic mass is 10.1. The molecule has 0 bridgehead atoms. The van der Waals surface area contributed by atoms with Crippen LogP contribution in [0.5, 0.6) is 0 Å². The predicted octanol–water partition coefficient (Wildman–Crippen LogP) is 3.86. The largest absolute Gasteiger partial charge is 0.352 e. The molecule has 0 heterocycles. The average Bonchev–Trinajstić information content (AvgIpc) is 2.47. The first-order chi connectivity index (χ1) is 9.70. The standard InChI is InChI=1S/C17H18BrNO/c1-13-5-4-6-14(11-13)9-10-19-17(20)16-8-3-2-7-15(16)12-18/h2-8,11H,9-10,12H2,1H3,(H,19,20). The van der Waals surface area contributed by atoms with Crippen LogP contribution in [0, 0.1) is 6.92 Å². The van der Waals surface area contributed by atoms with Gasteiger partial charge >= 0.3 is 0 Å². The van der Waals surface area contributed by atoms with E-state index in [2.05, 4.69) is 46.4 Å². The van der Waals surface area contributed by atoms with Gasteiger partial charge in [-0.3, -0.25) is 4.79 Å². The summed E-state index contributed by atoms with van der Waals surface area (Å²) >= 11 is 3.41.